The van der Waals surface area contributed by atoms with Gasteiger partial charge in [-0.15, -0.1) is 0 Å². The number of benzene rings is 6. The molecule has 0 bridgehead atoms. The van der Waals surface area contributed by atoms with Crippen molar-refractivity contribution in [3.63, 3.8) is 0 Å². The van der Waals surface area contributed by atoms with Crippen molar-refractivity contribution < 1.29 is 9.53 Å². The molecule has 0 amide bonds. The van der Waals surface area contributed by atoms with Gasteiger partial charge in [-0.1, -0.05) is 145 Å². The van der Waals surface area contributed by atoms with E-state index in [0.29, 0.717) is 29.2 Å². The number of nitrogens with zero attached hydrogens (tertiary/aromatic N) is 1. The van der Waals surface area contributed by atoms with Crippen molar-refractivity contribution in [1.82, 2.24) is 4.57 Å². The number of carbonyl (C=O) groups excluding carboxylic acids is 1. The normalized spacial score (nSPS) is 11.2. The van der Waals surface area contributed by atoms with E-state index >= 15 is 0 Å². The third-order valence-corrected chi connectivity index (χ3v) is 9.36. The minimum Gasteiger partial charge on any atom is -0.360 e. The van der Waals surface area contributed by atoms with E-state index in [9.17, 15) is 9.59 Å². The maximum Gasteiger partial charge on any atom is 0.262 e. The monoisotopic (exact) mass is 683 g/mol. The zero-order chi connectivity index (χ0) is 35.2. The molecular weight excluding hydrogens is 650 g/mol. The molecule has 0 atom stereocenters. The summed E-state index contributed by atoms with van der Waals surface area (Å²) >= 11 is 6.11. The van der Waals surface area contributed by atoms with Gasteiger partial charge in [0.25, 0.3) is 5.56 Å². The van der Waals surface area contributed by atoms with E-state index in [4.69, 9.17) is 16.3 Å². The van der Waals surface area contributed by atoms with Crippen LogP contribution in [0.5, 0.6) is 0 Å². The zero-order valence-corrected chi connectivity index (χ0v) is 28.8. The Labute approximate surface area is 302 Å². The second kappa shape index (κ2) is 14.9. The standard InChI is InChI=1S/C46H34ClNO3/c1-48-41-26-12-11-25-40(41)42(43(45(48)50)44(49)34-27-29-39(47)30-28-34)35-18-15-17-33(32-35)16-13-14-31-51-46(36-19-5-2-6-20-36,37-21-7-3-8-22-37)38-23-9-4-10-24-38/h2-12,15,17-30,32H,14,31H2,1H3. The molecule has 5 heteroatoms. The number of halogens is 1. The van der Waals surface area contributed by atoms with Gasteiger partial charge in [-0.3, -0.25) is 9.59 Å². The predicted molar refractivity (Wildman–Crippen MR) is 206 cm³/mol. The van der Waals surface area contributed by atoms with Gasteiger partial charge >= 0.3 is 0 Å². The molecule has 0 aliphatic carbocycles. The lowest BCUT2D eigenvalue weighted by molar-refractivity contribution is 0.0165. The van der Waals surface area contributed by atoms with Gasteiger partial charge in [0.15, 0.2) is 5.78 Å². The second-order valence-electron chi connectivity index (χ2n) is 12.2. The lowest BCUT2D eigenvalue weighted by Gasteiger charge is -2.35. The number of ketones is 1. The molecule has 1 aromatic heterocycles. The number of rotatable bonds is 9. The highest BCUT2D eigenvalue weighted by molar-refractivity contribution is 6.30. The van der Waals surface area contributed by atoms with Crippen LogP contribution in [0, 0.1) is 11.8 Å². The Kier molecular flexibility index (Phi) is 9.76. The van der Waals surface area contributed by atoms with Crippen LogP contribution in [-0.4, -0.2) is 17.0 Å². The van der Waals surface area contributed by atoms with Gasteiger partial charge in [-0.25, -0.2) is 0 Å². The maximum absolute atomic E-state index is 14.0. The SMILES string of the molecule is Cn1c(=O)c(C(=O)c2ccc(Cl)cc2)c(-c2cccc(C#CCCOC(c3ccccc3)(c3ccccc3)c3ccccc3)c2)c2ccccc21. The Morgan fingerprint density at radius 1 is 0.706 bits per heavy atom. The minimum absolute atomic E-state index is 0.108. The van der Waals surface area contributed by atoms with E-state index in [0.717, 1.165) is 38.7 Å². The molecule has 0 spiro atoms. The Balaban J connectivity index is 1.23. The number of hydrogen-bond acceptors (Lipinski definition) is 3. The Morgan fingerprint density at radius 3 is 1.88 bits per heavy atom. The molecular formula is C46H34ClNO3. The number of para-hydroxylation sites is 1. The Bertz CT molecular complexity index is 2350. The fourth-order valence-electron chi connectivity index (χ4n) is 6.69. The van der Waals surface area contributed by atoms with E-state index < -0.39 is 5.60 Å². The van der Waals surface area contributed by atoms with Gasteiger partial charge in [0.1, 0.15) is 5.60 Å². The molecule has 0 aliphatic rings. The van der Waals surface area contributed by atoms with Crippen molar-refractivity contribution in [1.29, 1.82) is 0 Å². The van der Waals surface area contributed by atoms with Gasteiger partial charge in [-0.2, -0.15) is 0 Å². The topological polar surface area (TPSA) is 48.3 Å². The number of ether oxygens (including phenoxy) is 1. The van der Waals surface area contributed by atoms with Crippen LogP contribution in [0.2, 0.25) is 5.02 Å². The first-order chi connectivity index (χ1) is 25.0. The van der Waals surface area contributed by atoms with E-state index in [1.165, 1.54) is 4.57 Å². The van der Waals surface area contributed by atoms with Crippen molar-refractivity contribution in [3.05, 3.63) is 213 Å². The lowest BCUT2D eigenvalue weighted by Crippen LogP contribution is -2.33. The van der Waals surface area contributed by atoms with Gasteiger partial charge in [0.2, 0.25) is 0 Å². The molecule has 0 saturated heterocycles. The van der Waals surface area contributed by atoms with Crippen LogP contribution in [-0.2, 0) is 17.4 Å². The van der Waals surface area contributed by atoms with Crippen molar-refractivity contribution in [3.8, 4) is 23.0 Å². The molecule has 0 fully saturated rings. The Hall–Kier alpha value is -5.99. The minimum atomic E-state index is -0.820. The van der Waals surface area contributed by atoms with Crippen molar-refractivity contribution in [2.24, 2.45) is 7.05 Å². The summed E-state index contributed by atoms with van der Waals surface area (Å²) in [4.78, 5) is 27.8. The quantitative estimate of drug-likeness (QED) is 0.0659. The number of aryl methyl sites for hydroxylation is 1. The fourth-order valence-corrected chi connectivity index (χ4v) is 6.82. The molecule has 1 heterocycles. The van der Waals surface area contributed by atoms with Gasteiger partial charge in [0, 0.05) is 40.6 Å². The molecule has 0 unspecified atom stereocenters. The van der Waals surface area contributed by atoms with Crippen LogP contribution in [0.25, 0.3) is 22.0 Å². The smallest absolute Gasteiger partial charge is 0.262 e. The van der Waals surface area contributed by atoms with E-state index in [1.807, 2.05) is 103 Å². The zero-order valence-electron chi connectivity index (χ0n) is 28.1. The second-order valence-corrected chi connectivity index (χ2v) is 12.7. The Morgan fingerprint density at radius 2 is 1.27 bits per heavy atom. The summed E-state index contributed by atoms with van der Waals surface area (Å²) in [6, 6.07) is 52.8. The number of hydrogen-bond donors (Lipinski definition) is 0. The number of fused-ring (bicyclic) bond motifs is 1. The van der Waals surface area contributed by atoms with Crippen molar-refractivity contribution >= 4 is 28.3 Å². The molecule has 0 N–H and O–H groups in total. The number of carbonyl (C=O) groups is 1. The number of aromatic nitrogens is 1. The molecule has 248 valence electrons. The van der Waals surface area contributed by atoms with E-state index in [1.54, 1.807) is 31.3 Å². The highest BCUT2D eigenvalue weighted by Gasteiger charge is 2.37. The molecule has 51 heavy (non-hydrogen) atoms. The summed E-state index contributed by atoms with van der Waals surface area (Å²) in [7, 11) is 1.69. The summed E-state index contributed by atoms with van der Waals surface area (Å²) in [6.45, 7) is 0.379. The van der Waals surface area contributed by atoms with Crippen LogP contribution in [0.3, 0.4) is 0 Å². The van der Waals surface area contributed by atoms with Crippen LogP contribution in [0.15, 0.2) is 169 Å². The van der Waals surface area contributed by atoms with E-state index in [2.05, 4.69) is 48.2 Å². The summed E-state index contributed by atoms with van der Waals surface area (Å²) in [5.74, 6) is 6.26. The maximum atomic E-state index is 14.0. The summed E-state index contributed by atoms with van der Waals surface area (Å²) < 4.78 is 8.43. The first kappa shape index (κ1) is 33.5. The first-order valence-corrected chi connectivity index (χ1v) is 17.2. The summed E-state index contributed by atoms with van der Waals surface area (Å²) in [5, 5.41) is 1.32. The van der Waals surface area contributed by atoms with Gasteiger partial charge in [-0.05, 0) is 64.7 Å². The van der Waals surface area contributed by atoms with Crippen molar-refractivity contribution in [2.75, 3.05) is 6.61 Å². The molecule has 7 rings (SSSR count). The predicted octanol–water partition coefficient (Wildman–Crippen LogP) is 9.84. The number of pyridine rings is 1. The third kappa shape index (κ3) is 6.66. The van der Waals surface area contributed by atoms with Crippen LogP contribution < -0.4 is 5.56 Å². The molecule has 4 nitrogen and oxygen atoms in total. The highest BCUT2D eigenvalue weighted by Crippen LogP contribution is 2.40. The van der Waals surface area contributed by atoms with E-state index in [-0.39, 0.29) is 16.9 Å². The van der Waals surface area contributed by atoms with Gasteiger partial charge in [0.05, 0.1) is 17.7 Å². The lowest BCUT2D eigenvalue weighted by atomic mass is 9.80. The largest absolute Gasteiger partial charge is 0.360 e. The summed E-state index contributed by atoms with van der Waals surface area (Å²) in [5.41, 5.74) is 5.24. The highest BCUT2D eigenvalue weighted by atomic mass is 35.5. The van der Waals surface area contributed by atoms with Gasteiger partial charge < -0.3 is 9.30 Å². The molecule has 0 radical (unpaired) electrons. The molecule has 7 aromatic rings. The molecule has 0 saturated carbocycles. The fraction of sp³-hybridized carbons (Fsp3) is 0.0870. The average Bonchev–Trinajstić information content (AvgIpc) is 3.19. The molecule has 6 aromatic carbocycles. The molecule has 0 aliphatic heterocycles. The van der Waals surface area contributed by atoms with Crippen molar-refractivity contribution in [2.45, 2.75) is 12.0 Å². The summed E-state index contributed by atoms with van der Waals surface area (Å²) in [6.07, 6.45) is 0.480. The average molecular weight is 684 g/mol. The first-order valence-electron chi connectivity index (χ1n) is 16.8. The third-order valence-electron chi connectivity index (χ3n) is 9.11. The van der Waals surface area contributed by atoms with Crippen LogP contribution >= 0.6 is 11.6 Å². The van der Waals surface area contributed by atoms with Crippen LogP contribution in [0.4, 0.5) is 0 Å². The van der Waals surface area contributed by atoms with Crippen LogP contribution in [0.1, 0.15) is 44.6 Å².